The third kappa shape index (κ3) is 5.65. The lowest BCUT2D eigenvalue weighted by Gasteiger charge is -2.25. The number of phenolic OH excluding ortho intramolecular Hbond substituents is 1. The summed E-state index contributed by atoms with van der Waals surface area (Å²) in [7, 11) is 0. The van der Waals surface area contributed by atoms with Gasteiger partial charge in [0.05, 0.1) is 17.1 Å². The minimum Gasteiger partial charge on any atom is -0.506 e. The Balaban J connectivity index is 1.39. The van der Waals surface area contributed by atoms with Gasteiger partial charge >= 0.3 is 5.97 Å². The first kappa shape index (κ1) is 27.1. The van der Waals surface area contributed by atoms with E-state index in [4.69, 9.17) is 0 Å². The van der Waals surface area contributed by atoms with E-state index in [1.54, 1.807) is 36.4 Å². The first-order valence-corrected chi connectivity index (χ1v) is 13.0. The van der Waals surface area contributed by atoms with E-state index in [-0.39, 0.29) is 30.0 Å². The molecule has 0 bridgehead atoms. The third-order valence-electron chi connectivity index (χ3n) is 6.88. The monoisotopic (exact) mass is 549 g/mol. The van der Waals surface area contributed by atoms with Crippen LogP contribution in [0, 0.1) is 6.92 Å². The number of amides is 3. The van der Waals surface area contributed by atoms with Crippen LogP contribution in [0.2, 0.25) is 0 Å². The molecular weight excluding hydrogens is 522 g/mol. The van der Waals surface area contributed by atoms with Crippen LogP contribution in [0.5, 0.6) is 5.75 Å². The number of carbonyl (C=O) groups is 4. The fraction of sp³-hybridized carbons (Fsp3) is 0.125. The van der Waals surface area contributed by atoms with Gasteiger partial charge in [-0.25, -0.2) is 0 Å². The molecule has 41 heavy (non-hydrogen) atoms. The molecule has 5 rings (SSSR count). The van der Waals surface area contributed by atoms with Gasteiger partial charge in [0, 0.05) is 24.1 Å². The first-order valence-electron chi connectivity index (χ1n) is 13.0. The molecule has 9 heteroatoms. The molecule has 0 atom stereocenters. The quantitative estimate of drug-likeness (QED) is 0.288. The number of aromatic hydroxyl groups is 1. The number of hydrogen-bond donors (Lipinski definition) is 3. The Morgan fingerprint density at radius 2 is 1.56 bits per heavy atom. The number of carboxylic acid groups (broad SMARTS) is 1. The second-order valence-electron chi connectivity index (χ2n) is 9.67. The summed E-state index contributed by atoms with van der Waals surface area (Å²) < 4.78 is 0. The predicted molar refractivity (Wildman–Crippen MR) is 155 cm³/mol. The summed E-state index contributed by atoms with van der Waals surface area (Å²) in [5.41, 5.74) is 4.10. The van der Waals surface area contributed by atoms with Crippen molar-refractivity contribution in [1.29, 1.82) is 0 Å². The summed E-state index contributed by atoms with van der Waals surface area (Å²) in [6.07, 6.45) is -0.0752. The van der Waals surface area contributed by atoms with Gasteiger partial charge in [0.2, 0.25) is 5.91 Å². The predicted octanol–water partition coefficient (Wildman–Crippen LogP) is 5.09. The van der Waals surface area contributed by atoms with E-state index in [0.29, 0.717) is 16.9 Å². The number of fused-ring (bicyclic) bond motifs is 1. The number of phenols is 1. The number of nitrogens with one attached hydrogen (secondary N) is 1. The maximum Gasteiger partial charge on any atom is 0.323 e. The largest absolute Gasteiger partial charge is 0.506 e. The number of rotatable bonds is 6. The summed E-state index contributed by atoms with van der Waals surface area (Å²) in [6, 6.07) is 25.7. The Morgan fingerprint density at radius 3 is 2.27 bits per heavy atom. The van der Waals surface area contributed by atoms with Crippen LogP contribution in [0.25, 0.3) is 11.1 Å². The maximum atomic E-state index is 13.6. The summed E-state index contributed by atoms with van der Waals surface area (Å²) in [6.45, 7) is 1.48. The van der Waals surface area contributed by atoms with Gasteiger partial charge in [-0.3, -0.25) is 24.1 Å². The van der Waals surface area contributed by atoms with Gasteiger partial charge < -0.3 is 20.4 Å². The summed E-state index contributed by atoms with van der Waals surface area (Å²) in [5.74, 6) is -2.79. The average molecular weight is 550 g/mol. The number of hydrogen-bond acceptors (Lipinski definition) is 5. The molecule has 206 valence electrons. The molecule has 1 aliphatic heterocycles. The van der Waals surface area contributed by atoms with Crippen molar-refractivity contribution in [2.45, 2.75) is 13.3 Å². The molecule has 1 heterocycles. The summed E-state index contributed by atoms with van der Waals surface area (Å²) in [5, 5.41) is 22.8. The molecule has 0 saturated carbocycles. The van der Waals surface area contributed by atoms with Crippen LogP contribution in [-0.4, -0.2) is 47.0 Å². The molecule has 0 unspecified atom stereocenters. The van der Waals surface area contributed by atoms with Gasteiger partial charge in [0.25, 0.3) is 11.8 Å². The molecule has 3 N–H and O–H groups in total. The van der Waals surface area contributed by atoms with Gasteiger partial charge in [-0.1, -0.05) is 60.2 Å². The standard InChI is InChI=1S/C32H27N3O6/c1-20-10-12-21(13-11-20)23-6-2-3-7-24(23)31(40)33-25-15-14-22(18-28(25)36)32(41)34-17-16-29(37)35(19-30(38)39)27-9-5-4-8-26(27)34/h2-15,18,36H,16-17,19H2,1H3,(H,33,40)(H,38,39). The lowest BCUT2D eigenvalue weighted by atomic mass is 9.98. The fourth-order valence-corrected chi connectivity index (χ4v) is 4.82. The third-order valence-corrected chi connectivity index (χ3v) is 6.88. The van der Waals surface area contributed by atoms with Crippen molar-refractivity contribution in [3.05, 3.63) is 108 Å². The second-order valence-corrected chi connectivity index (χ2v) is 9.67. The molecule has 4 aromatic carbocycles. The maximum absolute atomic E-state index is 13.6. The van der Waals surface area contributed by atoms with Crippen LogP contribution in [0.4, 0.5) is 17.1 Å². The van der Waals surface area contributed by atoms with E-state index in [2.05, 4.69) is 5.32 Å². The molecule has 0 spiro atoms. The Labute approximate surface area is 236 Å². The van der Waals surface area contributed by atoms with Crippen molar-refractivity contribution in [2.75, 3.05) is 28.2 Å². The van der Waals surface area contributed by atoms with Crippen molar-refractivity contribution in [3.63, 3.8) is 0 Å². The SMILES string of the molecule is Cc1ccc(-c2ccccc2C(=O)Nc2ccc(C(=O)N3CCC(=O)N(CC(=O)O)c4ccccc43)cc2O)cc1. The van der Waals surface area contributed by atoms with Gasteiger partial charge in [0.15, 0.2) is 0 Å². The lowest BCUT2D eigenvalue weighted by Crippen LogP contribution is -2.35. The van der Waals surface area contributed by atoms with E-state index < -0.39 is 30.2 Å². The zero-order valence-electron chi connectivity index (χ0n) is 22.2. The average Bonchev–Trinajstić information content (AvgIpc) is 3.10. The zero-order chi connectivity index (χ0) is 29.1. The number of benzene rings is 4. The second kappa shape index (κ2) is 11.4. The number of carbonyl (C=O) groups excluding carboxylic acids is 3. The van der Waals surface area contributed by atoms with Crippen LogP contribution in [-0.2, 0) is 9.59 Å². The minimum atomic E-state index is -1.17. The normalized spacial score (nSPS) is 12.9. The van der Waals surface area contributed by atoms with Crippen molar-refractivity contribution < 1.29 is 29.4 Å². The molecule has 4 aromatic rings. The highest BCUT2D eigenvalue weighted by molar-refractivity contribution is 6.13. The number of anilines is 3. The van der Waals surface area contributed by atoms with Crippen LogP contribution in [0.3, 0.4) is 0 Å². The van der Waals surface area contributed by atoms with Crippen molar-refractivity contribution >= 4 is 40.8 Å². The van der Waals surface area contributed by atoms with Crippen molar-refractivity contribution in [2.24, 2.45) is 0 Å². The van der Waals surface area contributed by atoms with Gasteiger partial charge in [-0.15, -0.1) is 0 Å². The number of nitrogens with zero attached hydrogens (tertiary/aromatic N) is 2. The van der Waals surface area contributed by atoms with Crippen LogP contribution >= 0.6 is 0 Å². The Kier molecular flexibility index (Phi) is 7.51. The van der Waals surface area contributed by atoms with Crippen LogP contribution in [0.1, 0.15) is 32.7 Å². The van der Waals surface area contributed by atoms with E-state index >= 15 is 0 Å². The van der Waals surface area contributed by atoms with Crippen molar-refractivity contribution in [1.82, 2.24) is 0 Å². The van der Waals surface area contributed by atoms with E-state index in [9.17, 15) is 29.4 Å². The molecule has 1 aliphatic rings. The van der Waals surface area contributed by atoms with E-state index in [0.717, 1.165) is 21.6 Å². The fourth-order valence-electron chi connectivity index (χ4n) is 4.82. The Morgan fingerprint density at radius 1 is 0.878 bits per heavy atom. The Bertz CT molecular complexity index is 1660. The molecular formula is C32H27N3O6. The number of aryl methyl sites for hydroxylation is 1. The minimum absolute atomic E-state index is 0.0276. The van der Waals surface area contributed by atoms with Gasteiger partial charge in [-0.2, -0.15) is 0 Å². The highest BCUT2D eigenvalue weighted by Gasteiger charge is 2.31. The Hall–Kier alpha value is -5.44. The number of para-hydroxylation sites is 2. The van der Waals surface area contributed by atoms with Crippen LogP contribution in [0.15, 0.2) is 91.0 Å². The summed E-state index contributed by atoms with van der Waals surface area (Å²) in [4.78, 5) is 53.4. The molecule has 0 saturated heterocycles. The highest BCUT2D eigenvalue weighted by Crippen LogP contribution is 2.35. The van der Waals surface area contributed by atoms with E-state index in [1.807, 2.05) is 43.3 Å². The molecule has 3 amide bonds. The highest BCUT2D eigenvalue weighted by atomic mass is 16.4. The smallest absolute Gasteiger partial charge is 0.323 e. The van der Waals surface area contributed by atoms with Gasteiger partial charge in [0.1, 0.15) is 12.3 Å². The molecule has 0 radical (unpaired) electrons. The van der Waals surface area contributed by atoms with Gasteiger partial charge in [-0.05, 0) is 54.4 Å². The first-order chi connectivity index (χ1) is 19.7. The topological polar surface area (TPSA) is 127 Å². The van der Waals surface area contributed by atoms with E-state index in [1.165, 1.54) is 23.1 Å². The van der Waals surface area contributed by atoms with Crippen LogP contribution < -0.4 is 15.1 Å². The lowest BCUT2D eigenvalue weighted by molar-refractivity contribution is -0.136. The molecule has 0 fully saturated rings. The zero-order valence-corrected chi connectivity index (χ0v) is 22.2. The molecule has 9 nitrogen and oxygen atoms in total. The molecule has 0 aliphatic carbocycles. The van der Waals surface area contributed by atoms with Crippen molar-refractivity contribution in [3.8, 4) is 16.9 Å². The number of aliphatic carboxylic acids is 1. The number of carboxylic acids is 1. The summed E-state index contributed by atoms with van der Waals surface area (Å²) >= 11 is 0. The molecule has 0 aromatic heterocycles.